The van der Waals surface area contributed by atoms with Crippen molar-refractivity contribution >= 4 is 27.6 Å². The standard InChI is InChI=1S/C8H9BrN2O2/c1-11(13)8(12)10-7-5-3-2-4-6(7)9/h2-5,13H,1H3,(H,10,12). The van der Waals surface area contributed by atoms with Gasteiger partial charge in [-0.1, -0.05) is 12.1 Å². The van der Waals surface area contributed by atoms with Crippen LogP contribution in [0.15, 0.2) is 28.7 Å². The first-order chi connectivity index (χ1) is 6.11. The van der Waals surface area contributed by atoms with E-state index in [1.54, 1.807) is 18.2 Å². The number of nitrogens with one attached hydrogen (secondary N) is 1. The number of hydroxylamine groups is 2. The number of carbonyl (C=O) groups is 1. The number of nitrogens with zero attached hydrogens (tertiary/aromatic N) is 1. The Morgan fingerprint density at radius 1 is 1.54 bits per heavy atom. The van der Waals surface area contributed by atoms with Gasteiger partial charge in [-0.2, -0.15) is 0 Å². The molecule has 0 fully saturated rings. The van der Waals surface area contributed by atoms with E-state index < -0.39 is 6.03 Å². The molecule has 1 aromatic carbocycles. The van der Waals surface area contributed by atoms with E-state index in [-0.39, 0.29) is 0 Å². The Morgan fingerprint density at radius 3 is 2.69 bits per heavy atom. The summed E-state index contributed by atoms with van der Waals surface area (Å²) in [6.07, 6.45) is 0. The van der Waals surface area contributed by atoms with Crippen molar-refractivity contribution < 1.29 is 10.0 Å². The maximum absolute atomic E-state index is 11.0. The van der Waals surface area contributed by atoms with E-state index in [2.05, 4.69) is 21.2 Å². The molecule has 0 bridgehead atoms. The van der Waals surface area contributed by atoms with Crippen molar-refractivity contribution in [3.8, 4) is 0 Å². The molecule has 5 heteroatoms. The number of halogens is 1. The minimum atomic E-state index is -0.577. The lowest BCUT2D eigenvalue weighted by Crippen LogP contribution is -2.28. The molecule has 13 heavy (non-hydrogen) atoms. The molecular formula is C8H9BrN2O2. The number of anilines is 1. The first-order valence-corrected chi connectivity index (χ1v) is 4.38. The van der Waals surface area contributed by atoms with Gasteiger partial charge in [0.15, 0.2) is 0 Å². The van der Waals surface area contributed by atoms with Crippen LogP contribution in [0.3, 0.4) is 0 Å². The topological polar surface area (TPSA) is 52.6 Å². The van der Waals surface area contributed by atoms with E-state index in [0.29, 0.717) is 10.8 Å². The van der Waals surface area contributed by atoms with E-state index >= 15 is 0 Å². The van der Waals surface area contributed by atoms with Gasteiger partial charge >= 0.3 is 6.03 Å². The van der Waals surface area contributed by atoms with Gasteiger partial charge in [-0.05, 0) is 28.1 Å². The van der Waals surface area contributed by atoms with Crippen molar-refractivity contribution in [2.75, 3.05) is 12.4 Å². The summed E-state index contributed by atoms with van der Waals surface area (Å²) in [5, 5.41) is 11.8. The summed E-state index contributed by atoms with van der Waals surface area (Å²) < 4.78 is 0.769. The number of urea groups is 1. The summed E-state index contributed by atoms with van der Waals surface area (Å²) in [5.41, 5.74) is 0.619. The number of hydrogen-bond donors (Lipinski definition) is 2. The molecule has 70 valence electrons. The van der Waals surface area contributed by atoms with Crippen molar-refractivity contribution in [3.05, 3.63) is 28.7 Å². The van der Waals surface area contributed by atoms with E-state index in [1.807, 2.05) is 6.07 Å². The molecule has 0 unspecified atom stereocenters. The lowest BCUT2D eigenvalue weighted by atomic mass is 10.3. The maximum atomic E-state index is 11.0. The zero-order chi connectivity index (χ0) is 9.84. The molecule has 0 atom stereocenters. The van der Waals surface area contributed by atoms with Crippen molar-refractivity contribution in [1.82, 2.24) is 5.06 Å². The quantitative estimate of drug-likeness (QED) is 0.589. The van der Waals surface area contributed by atoms with Gasteiger partial charge in [0.25, 0.3) is 0 Å². The Bertz CT molecular complexity index is 315. The van der Waals surface area contributed by atoms with Crippen LogP contribution in [-0.2, 0) is 0 Å². The monoisotopic (exact) mass is 244 g/mol. The van der Waals surface area contributed by atoms with Crippen molar-refractivity contribution in [2.45, 2.75) is 0 Å². The largest absolute Gasteiger partial charge is 0.345 e. The Balaban J connectivity index is 2.75. The molecule has 0 saturated heterocycles. The molecule has 4 nitrogen and oxygen atoms in total. The third-order valence-electron chi connectivity index (χ3n) is 1.41. The van der Waals surface area contributed by atoms with E-state index in [1.165, 1.54) is 7.05 Å². The van der Waals surface area contributed by atoms with Gasteiger partial charge in [0, 0.05) is 11.5 Å². The van der Waals surface area contributed by atoms with Crippen LogP contribution >= 0.6 is 15.9 Å². The Hall–Kier alpha value is -1.07. The smallest absolute Gasteiger partial charge is 0.305 e. The minimum absolute atomic E-state index is 0.486. The summed E-state index contributed by atoms with van der Waals surface area (Å²) in [6, 6.07) is 6.57. The fourth-order valence-corrected chi connectivity index (χ4v) is 1.14. The molecule has 0 spiro atoms. The zero-order valence-electron chi connectivity index (χ0n) is 6.99. The molecule has 2 amide bonds. The molecule has 0 aromatic heterocycles. The fraction of sp³-hybridized carbons (Fsp3) is 0.125. The first-order valence-electron chi connectivity index (χ1n) is 3.59. The number of benzene rings is 1. The van der Waals surface area contributed by atoms with Crippen LogP contribution in [0, 0.1) is 0 Å². The van der Waals surface area contributed by atoms with Crippen LogP contribution in [0.4, 0.5) is 10.5 Å². The lowest BCUT2D eigenvalue weighted by molar-refractivity contribution is -0.0118. The van der Waals surface area contributed by atoms with Crippen LogP contribution in [0.5, 0.6) is 0 Å². The second-order valence-electron chi connectivity index (χ2n) is 2.43. The minimum Gasteiger partial charge on any atom is -0.305 e. The van der Waals surface area contributed by atoms with Gasteiger partial charge in [-0.25, -0.2) is 9.86 Å². The highest BCUT2D eigenvalue weighted by molar-refractivity contribution is 9.10. The SMILES string of the molecule is CN(O)C(=O)Nc1ccccc1Br. The van der Waals surface area contributed by atoms with Gasteiger partial charge in [-0.15, -0.1) is 0 Å². The zero-order valence-corrected chi connectivity index (χ0v) is 8.58. The molecule has 0 aliphatic carbocycles. The number of hydrogen-bond acceptors (Lipinski definition) is 2. The van der Waals surface area contributed by atoms with Crippen LogP contribution < -0.4 is 5.32 Å². The summed E-state index contributed by atoms with van der Waals surface area (Å²) in [5.74, 6) is 0. The summed E-state index contributed by atoms with van der Waals surface area (Å²) in [6.45, 7) is 0. The highest BCUT2D eigenvalue weighted by Crippen LogP contribution is 2.21. The normalized spacial score (nSPS) is 9.46. The van der Waals surface area contributed by atoms with Crippen LogP contribution in [0.25, 0.3) is 0 Å². The van der Waals surface area contributed by atoms with Gasteiger partial charge in [0.1, 0.15) is 0 Å². The predicted molar refractivity (Wildman–Crippen MR) is 52.7 cm³/mol. The van der Waals surface area contributed by atoms with Gasteiger partial charge in [-0.3, -0.25) is 5.21 Å². The molecular weight excluding hydrogens is 236 g/mol. The lowest BCUT2D eigenvalue weighted by Gasteiger charge is -2.10. The average Bonchev–Trinajstić information content (AvgIpc) is 2.08. The molecule has 1 aromatic rings. The van der Waals surface area contributed by atoms with Crippen LogP contribution in [-0.4, -0.2) is 23.3 Å². The number of amides is 2. The fourth-order valence-electron chi connectivity index (χ4n) is 0.759. The van der Waals surface area contributed by atoms with E-state index in [4.69, 9.17) is 5.21 Å². The van der Waals surface area contributed by atoms with Crippen molar-refractivity contribution in [2.24, 2.45) is 0 Å². The number of carbonyl (C=O) groups excluding carboxylic acids is 1. The van der Waals surface area contributed by atoms with Crippen molar-refractivity contribution in [1.29, 1.82) is 0 Å². The van der Waals surface area contributed by atoms with Crippen molar-refractivity contribution in [3.63, 3.8) is 0 Å². The molecule has 0 aliphatic heterocycles. The van der Waals surface area contributed by atoms with Gasteiger partial charge in [0.05, 0.1) is 5.69 Å². The summed E-state index contributed by atoms with van der Waals surface area (Å²) >= 11 is 3.26. The molecule has 2 N–H and O–H groups in total. The Kier molecular flexibility index (Phi) is 3.27. The van der Waals surface area contributed by atoms with E-state index in [9.17, 15) is 4.79 Å². The maximum Gasteiger partial charge on any atom is 0.345 e. The van der Waals surface area contributed by atoms with Gasteiger partial charge in [0.2, 0.25) is 0 Å². The third kappa shape index (κ3) is 2.71. The first kappa shape index (κ1) is 10.0. The highest BCUT2D eigenvalue weighted by atomic mass is 79.9. The summed E-state index contributed by atoms with van der Waals surface area (Å²) in [7, 11) is 1.26. The van der Waals surface area contributed by atoms with Crippen LogP contribution in [0.1, 0.15) is 0 Å². The van der Waals surface area contributed by atoms with E-state index in [0.717, 1.165) is 4.47 Å². The average molecular weight is 245 g/mol. The molecule has 1 rings (SSSR count). The predicted octanol–water partition coefficient (Wildman–Crippen LogP) is 2.30. The molecule has 0 saturated carbocycles. The third-order valence-corrected chi connectivity index (χ3v) is 2.10. The second-order valence-corrected chi connectivity index (χ2v) is 3.29. The Morgan fingerprint density at radius 2 is 2.15 bits per heavy atom. The Labute approximate surface area is 84.2 Å². The molecule has 0 aliphatic rings. The van der Waals surface area contributed by atoms with Crippen LogP contribution in [0.2, 0.25) is 0 Å². The number of rotatable bonds is 1. The highest BCUT2D eigenvalue weighted by Gasteiger charge is 2.06. The second kappa shape index (κ2) is 4.25. The number of para-hydroxylation sites is 1. The molecule has 0 radical (unpaired) electrons. The molecule has 0 heterocycles. The van der Waals surface area contributed by atoms with Gasteiger partial charge < -0.3 is 5.32 Å². The summed E-state index contributed by atoms with van der Waals surface area (Å²) in [4.78, 5) is 11.0.